The molecule has 1 aromatic carbocycles. The van der Waals surface area contributed by atoms with E-state index in [1.54, 1.807) is 13.0 Å². The lowest BCUT2D eigenvalue weighted by atomic mass is 9.90. The van der Waals surface area contributed by atoms with E-state index in [9.17, 15) is 18.0 Å². The maximum absolute atomic E-state index is 13.0. The van der Waals surface area contributed by atoms with Gasteiger partial charge < -0.3 is 15.5 Å². The number of rotatable bonds is 4. The maximum atomic E-state index is 13.0. The van der Waals surface area contributed by atoms with Crippen molar-refractivity contribution in [3.05, 3.63) is 52.8 Å². The fourth-order valence-corrected chi connectivity index (χ4v) is 4.82. The summed E-state index contributed by atoms with van der Waals surface area (Å²) >= 11 is 0. The number of anilines is 2. The van der Waals surface area contributed by atoms with Gasteiger partial charge in [0.25, 0.3) is 5.91 Å². The second kappa shape index (κ2) is 11.6. The number of halogens is 3. The van der Waals surface area contributed by atoms with Crippen LogP contribution in [0.15, 0.2) is 30.3 Å². The molecule has 4 rings (SSSR count). The fourth-order valence-electron chi connectivity index (χ4n) is 4.82. The van der Waals surface area contributed by atoms with Crippen molar-refractivity contribution in [2.24, 2.45) is 0 Å². The quantitative estimate of drug-likeness (QED) is 0.591. The molecule has 1 fully saturated rings. The first-order chi connectivity index (χ1) is 15.2. The number of amides is 1. The van der Waals surface area contributed by atoms with Gasteiger partial charge >= 0.3 is 6.18 Å². The first-order valence-electron chi connectivity index (χ1n) is 11.2. The summed E-state index contributed by atoms with van der Waals surface area (Å²) in [6.45, 7) is 2.51. The van der Waals surface area contributed by atoms with Gasteiger partial charge in [-0.15, -0.1) is 0 Å². The molecule has 0 radical (unpaired) electrons. The lowest BCUT2D eigenvalue weighted by molar-refractivity contribution is -0.141. The summed E-state index contributed by atoms with van der Waals surface area (Å²) in [6.07, 6.45) is 0.736. The van der Waals surface area contributed by atoms with Crippen molar-refractivity contribution in [2.45, 2.75) is 63.7 Å². The van der Waals surface area contributed by atoms with Gasteiger partial charge in [-0.1, -0.05) is 12.1 Å². The van der Waals surface area contributed by atoms with E-state index in [1.165, 1.54) is 5.56 Å². The van der Waals surface area contributed by atoms with Gasteiger partial charge in [0.05, 0.1) is 11.3 Å². The number of pyridine rings is 1. The largest absolute Gasteiger partial charge is 0.433 e. The van der Waals surface area contributed by atoms with E-state index >= 15 is 0 Å². The molecule has 0 unspecified atom stereocenters. The monoisotopic (exact) mass is 514 g/mol. The number of alkyl halides is 3. The average Bonchev–Trinajstić information content (AvgIpc) is 2.74. The van der Waals surface area contributed by atoms with Crippen LogP contribution >= 0.6 is 27.0 Å². The predicted molar refractivity (Wildman–Crippen MR) is 140 cm³/mol. The van der Waals surface area contributed by atoms with Gasteiger partial charge in [0, 0.05) is 37.1 Å². The molecule has 1 saturated carbocycles. The molecule has 0 atom stereocenters. The minimum Gasteiger partial charge on any atom is -0.382 e. The first kappa shape index (κ1) is 28.2. The molecule has 0 saturated heterocycles. The maximum Gasteiger partial charge on any atom is 0.433 e. The molecule has 188 valence electrons. The van der Waals surface area contributed by atoms with Crippen LogP contribution in [0.4, 0.5) is 24.5 Å². The van der Waals surface area contributed by atoms with E-state index < -0.39 is 11.9 Å². The summed E-state index contributed by atoms with van der Waals surface area (Å²) in [7, 11) is 2.02. The summed E-state index contributed by atoms with van der Waals surface area (Å²) < 4.78 is 39.1. The number of hydrogen-bond acceptors (Lipinski definition) is 4. The first-order valence-corrected chi connectivity index (χ1v) is 11.2. The molecule has 2 heterocycles. The second-order valence-corrected chi connectivity index (χ2v) is 8.88. The minimum atomic E-state index is -4.46. The molecule has 1 aliphatic carbocycles. The molecule has 1 amide bonds. The van der Waals surface area contributed by atoms with Gasteiger partial charge in [0.2, 0.25) is 0 Å². The Bertz CT molecular complexity index is 995. The number of aromatic nitrogens is 1. The van der Waals surface area contributed by atoms with Crippen LogP contribution < -0.4 is 15.5 Å². The lowest BCUT2D eigenvalue weighted by Crippen LogP contribution is -2.41. The molecule has 10 heteroatoms. The molecule has 0 spiro atoms. The van der Waals surface area contributed by atoms with Crippen molar-refractivity contribution < 1.29 is 18.0 Å². The van der Waals surface area contributed by atoms with Gasteiger partial charge in [-0.05, 0) is 69.2 Å². The van der Waals surface area contributed by atoms with Gasteiger partial charge in [0.1, 0.15) is 5.69 Å². The number of nitrogens with zero attached hydrogens (tertiary/aromatic N) is 2. The standard InChI is InChI=1S/C24H29F3N4O.2H2S/c1-15-13-19(14-21(28-15)24(25,26)27)29-17-8-10-18(11-9-17)30-23(32)20-7-3-5-16-6-4-12-31(2)22(16)20;;/h3,5,7,13-14,17-18H,4,6,8-12H2,1-2H3,(H,28,29)(H,30,32);2*1H2. The van der Waals surface area contributed by atoms with Crippen molar-refractivity contribution in [3.8, 4) is 0 Å². The zero-order valence-electron chi connectivity index (χ0n) is 19.4. The SMILES string of the molecule is Cc1cc(NC2CCC(NC(=O)c3cccc4c3N(C)CCC4)CC2)cc(C(F)(F)F)n1.S.S. The van der Waals surface area contributed by atoms with Crippen LogP contribution in [0.3, 0.4) is 0 Å². The lowest BCUT2D eigenvalue weighted by Gasteiger charge is -2.32. The van der Waals surface area contributed by atoms with Crippen molar-refractivity contribution in [1.82, 2.24) is 10.3 Å². The van der Waals surface area contributed by atoms with Gasteiger partial charge in [-0.2, -0.15) is 40.2 Å². The number of carbonyl (C=O) groups is 1. The zero-order chi connectivity index (χ0) is 22.9. The Hall–Kier alpha value is -2.07. The van der Waals surface area contributed by atoms with Crippen LogP contribution in [0.2, 0.25) is 0 Å². The highest BCUT2D eigenvalue weighted by molar-refractivity contribution is 7.59. The van der Waals surface area contributed by atoms with Crippen LogP contribution in [-0.2, 0) is 12.6 Å². The molecule has 1 aliphatic heterocycles. The van der Waals surface area contributed by atoms with E-state index in [4.69, 9.17) is 0 Å². The average molecular weight is 515 g/mol. The third-order valence-corrected chi connectivity index (χ3v) is 6.36. The Morgan fingerprint density at radius 3 is 2.44 bits per heavy atom. The molecule has 2 aromatic rings. The van der Waals surface area contributed by atoms with Gasteiger partial charge in [-0.25, -0.2) is 4.98 Å². The number of benzene rings is 1. The van der Waals surface area contributed by atoms with Crippen molar-refractivity contribution in [1.29, 1.82) is 0 Å². The molecule has 2 aliphatic rings. The number of aryl methyl sites for hydroxylation is 2. The van der Waals surface area contributed by atoms with E-state index in [2.05, 4.69) is 26.6 Å². The molecule has 34 heavy (non-hydrogen) atoms. The van der Waals surface area contributed by atoms with Crippen molar-refractivity contribution >= 4 is 44.3 Å². The normalized spacial score (nSPS) is 19.9. The van der Waals surface area contributed by atoms with Crippen LogP contribution in [-0.4, -0.2) is 36.6 Å². The second-order valence-electron chi connectivity index (χ2n) is 8.88. The van der Waals surface area contributed by atoms with Crippen LogP contribution in [0.25, 0.3) is 0 Å². The van der Waals surface area contributed by atoms with Gasteiger partial charge in [0.15, 0.2) is 0 Å². The Labute approximate surface area is 212 Å². The number of carbonyl (C=O) groups excluding carboxylic acids is 1. The number of hydrogen-bond donors (Lipinski definition) is 2. The van der Waals surface area contributed by atoms with Crippen molar-refractivity contribution in [2.75, 3.05) is 23.8 Å². The minimum absolute atomic E-state index is 0. The molecule has 0 bridgehead atoms. The highest BCUT2D eigenvalue weighted by atomic mass is 32.1. The third-order valence-electron chi connectivity index (χ3n) is 6.36. The Morgan fingerprint density at radius 2 is 1.76 bits per heavy atom. The summed E-state index contributed by atoms with van der Waals surface area (Å²) in [4.78, 5) is 18.7. The molecular weight excluding hydrogens is 481 g/mol. The molecule has 5 nitrogen and oxygen atoms in total. The van der Waals surface area contributed by atoms with Crippen LogP contribution in [0.5, 0.6) is 0 Å². The Kier molecular flexibility index (Phi) is 9.59. The third kappa shape index (κ3) is 6.53. The fraction of sp³-hybridized carbons (Fsp3) is 0.500. The molecule has 1 aromatic heterocycles. The number of nitrogens with one attached hydrogen (secondary N) is 2. The van der Waals surface area contributed by atoms with Crippen molar-refractivity contribution in [3.63, 3.8) is 0 Å². The molecule has 2 N–H and O–H groups in total. The summed E-state index contributed by atoms with van der Waals surface area (Å²) in [5.41, 5.74) is 2.86. The number of fused-ring (bicyclic) bond motifs is 1. The summed E-state index contributed by atoms with van der Waals surface area (Å²) in [5, 5.41) is 6.40. The zero-order valence-corrected chi connectivity index (χ0v) is 21.4. The van der Waals surface area contributed by atoms with E-state index in [0.717, 1.165) is 62.4 Å². The summed E-state index contributed by atoms with van der Waals surface area (Å²) in [5.74, 6) is -0.0495. The van der Waals surface area contributed by atoms with Crippen LogP contribution in [0.1, 0.15) is 59.4 Å². The topological polar surface area (TPSA) is 57.3 Å². The van der Waals surface area contributed by atoms with Gasteiger partial charge in [-0.3, -0.25) is 4.79 Å². The Morgan fingerprint density at radius 1 is 1.09 bits per heavy atom. The van der Waals surface area contributed by atoms with E-state index in [0.29, 0.717) is 11.4 Å². The number of para-hydroxylation sites is 1. The van der Waals surface area contributed by atoms with E-state index in [1.807, 2.05) is 19.2 Å². The smallest absolute Gasteiger partial charge is 0.382 e. The highest BCUT2D eigenvalue weighted by Crippen LogP contribution is 2.32. The predicted octanol–water partition coefficient (Wildman–Crippen LogP) is 5.17. The summed E-state index contributed by atoms with van der Waals surface area (Å²) in [6, 6.07) is 8.75. The molecular formula is C24H33F3N4OS2. The van der Waals surface area contributed by atoms with Crippen LogP contribution in [0, 0.1) is 6.92 Å². The van der Waals surface area contributed by atoms with E-state index in [-0.39, 0.29) is 45.0 Å². The highest BCUT2D eigenvalue weighted by Gasteiger charge is 2.33. The Balaban J connectivity index is 0.00000204.